The summed E-state index contributed by atoms with van der Waals surface area (Å²) < 4.78 is 1.52. The van der Waals surface area contributed by atoms with Gasteiger partial charge in [-0.25, -0.2) is 4.68 Å². The van der Waals surface area contributed by atoms with Crippen molar-refractivity contribution in [2.45, 2.75) is 26.7 Å². The largest absolute Gasteiger partial charge is 0.396 e. The molecule has 0 amide bonds. The lowest BCUT2D eigenvalue weighted by Gasteiger charge is -2.24. The van der Waals surface area contributed by atoms with Crippen LogP contribution in [0.25, 0.3) is 5.95 Å². The molecule has 2 aromatic heterocycles. The number of anilines is 1. The molecule has 0 aliphatic heterocycles. The number of hydrogen-bond donors (Lipinski definition) is 2. The number of rotatable bonds is 7. The van der Waals surface area contributed by atoms with Crippen molar-refractivity contribution in [2.24, 2.45) is 5.41 Å². The van der Waals surface area contributed by atoms with E-state index in [4.69, 9.17) is 16.7 Å². The summed E-state index contributed by atoms with van der Waals surface area (Å²) in [7, 11) is 0. The van der Waals surface area contributed by atoms with Crippen molar-refractivity contribution in [1.82, 2.24) is 24.7 Å². The first-order chi connectivity index (χ1) is 10.00. The smallest absolute Gasteiger partial charge is 0.256 e. The van der Waals surface area contributed by atoms with Gasteiger partial charge in [0, 0.05) is 25.5 Å². The Hall–Kier alpha value is -1.73. The van der Waals surface area contributed by atoms with Crippen LogP contribution in [0.2, 0.25) is 5.28 Å². The van der Waals surface area contributed by atoms with Crippen molar-refractivity contribution >= 4 is 17.5 Å². The maximum Gasteiger partial charge on any atom is 0.256 e. The fourth-order valence-corrected chi connectivity index (χ4v) is 2.03. The summed E-state index contributed by atoms with van der Waals surface area (Å²) >= 11 is 5.92. The van der Waals surface area contributed by atoms with Crippen LogP contribution in [0.4, 0.5) is 5.95 Å². The molecule has 2 rings (SSSR count). The molecule has 0 radical (unpaired) electrons. The summed E-state index contributed by atoms with van der Waals surface area (Å²) in [5.74, 6) is 0.785. The van der Waals surface area contributed by atoms with Crippen molar-refractivity contribution < 1.29 is 5.11 Å². The van der Waals surface area contributed by atoms with Crippen molar-refractivity contribution in [3.63, 3.8) is 0 Å². The maximum atomic E-state index is 8.91. The minimum Gasteiger partial charge on any atom is -0.396 e. The Bertz CT molecular complexity index is 572. The predicted molar refractivity (Wildman–Crippen MR) is 80.5 cm³/mol. The average Bonchev–Trinajstić information content (AvgIpc) is 2.97. The first-order valence-corrected chi connectivity index (χ1v) is 7.14. The molecule has 8 heteroatoms. The van der Waals surface area contributed by atoms with E-state index in [0.29, 0.717) is 18.4 Å². The predicted octanol–water partition coefficient (Wildman–Crippen LogP) is 1.92. The lowest BCUT2D eigenvalue weighted by atomic mass is 9.88. The normalized spacial score (nSPS) is 11.6. The fraction of sp³-hybridized carbons (Fsp3) is 0.538. The molecule has 0 fully saturated rings. The standard InChI is InChI=1S/C13H19ClN6O/c1-13(2,5-3-8-21)9-15-11-17-10(14)18-12(19-11)20-7-4-6-16-20/h4,6-7,21H,3,5,8-9H2,1-2H3,(H,15,17,18,19). The van der Waals surface area contributed by atoms with Gasteiger partial charge in [-0.05, 0) is 35.9 Å². The van der Waals surface area contributed by atoms with E-state index >= 15 is 0 Å². The van der Waals surface area contributed by atoms with Crippen molar-refractivity contribution in [2.75, 3.05) is 18.5 Å². The molecule has 0 saturated heterocycles. The molecule has 21 heavy (non-hydrogen) atoms. The van der Waals surface area contributed by atoms with Gasteiger partial charge in [-0.2, -0.15) is 20.1 Å². The molecule has 0 atom stereocenters. The van der Waals surface area contributed by atoms with E-state index in [9.17, 15) is 0 Å². The summed E-state index contributed by atoms with van der Waals surface area (Å²) in [6.45, 7) is 5.11. The van der Waals surface area contributed by atoms with Crippen LogP contribution in [0, 0.1) is 5.41 Å². The molecule has 0 aliphatic rings. The van der Waals surface area contributed by atoms with Gasteiger partial charge >= 0.3 is 0 Å². The van der Waals surface area contributed by atoms with E-state index in [1.54, 1.807) is 18.5 Å². The third-order valence-electron chi connectivity index (χ3n) is 3.04. The van der Waals surface area contributed by atoms with Crippen LogP contribution in [-0.2, 0) is 0 Å². The second kappa shape index (κ2) is 6.82. The molecule has 2 aromatic rings. The highest BCUT2D eigenvalue weighted by molar-refractivity contribution is 6.28. The Morgan fingerprint density at radius 1 is 1.33 bits per heavy atom. The van der Waals surface area contributed by atoms with Crippen LogP contribution in [0.5, 0.6) is 0 Å². The minimum atomic E-state index is 0.0215. The van der Waals surface area contributed by atoms with E-state index in [1.807, 2.05) is 0 Å². The number of hydrogen-bond acceptors (Lipinski definition) is 6. The fourth-order valence-electron chi connectivity index (χ4n) is 1.87. The van der Waals surface area contributed by atoms with Gasteiger partial charge in [-0.3, -0.25) is 0 Å². The molecule has 0 saturated carbocycles. The first kappa shape index (κ1) is 15.7. The quantitative estimate of drug-likeness (QED) is 0.812. The molecule has 2 N–H and O–H groups in total. The molecule has 0 bridgehead atoms. The number of aliphatic hydroxyl groups excluding tert-OH is 1. The SMILES string of the molecule is CC(C)(CCCO)CNc1nc(Cl)nc(-n2cccn2)n1. The van der Waals surface area contributed by atoms with E-state index < -0.39 is 0 Å². The summed E-state index contributed by atoms with van der Waals surface area (Å²) in [5.41, 5.74) is 0.0215. The molecule has 7 nitrogen and oxygen atoms in total. The van der Waals surface area contributed by atoms with E-state index in [0.717, 1.165) is 12.8 Å². The maximum absolute atomic E-state index is 8.91. The zero-order chi connectivity index (χ0) is 15.3. The van der Waals surface area contributed by atoms with Crippen molar-refractivity contribution in [1.29, 1.82) is 0 Å². The van der Waals surface area contributed by atoms with Crippen LogP contribution in [0.3, 0.4) is 0 Å². The highest BCUT2D eigenvalue weighted by Gasteiger charge is 2.18. The molecule has 0 spiro atoms. The third-order valence-corrected chi connectivity index (χ3v) is 3.21. The molecule has 2 heterocycles. The monoisotopic (exact) mass is 310 g/mol. The van der Waals surface area contributed by atoms with Gasteiger partial charge in [0.2, 0.25) is 11.2 Å². The Morgan fingerprint density at radius 3 is 2.81 bits per heavy atom. The molecule has 0 aromatic carbocycles. The van der Waals surface area contributed by atoms with E-state index in [-0.39, 0.29) is 17.3 Å². The molecular formula is C13H19ClN6O. The molecule has 0 aliphatic carbocycles. The lowest BCUT2D eigenvalue weighted by molar-refractivity contribution is 0.247. The van der Waals surface area contributed by atoms with E-state index in [1.165, 1.54) is 4.68 Å². The second-order valence-corrected chi connectivity index (χ2v) is 5.86. The molecule has 114 valence electrons. The summed E-state index contributed by atoms with van der Waals surface area (Å²) in [6, 6.07) is 1.78. The highest BCUT2D eigenvalue weighted by Crippen LogP contribution is 2.22. The van der Waals surface area contributed by atoms with Crippen LogP contribution in [0.15, 0.2) is 18.5 Å². The molecular weight excluding hydrogens is 292 g/mol. The Balaban J connectivity index is 2.07. The van der Waals surface area contributed by atoms with Gasteiger partial charge < -0.3 is 10.4 Å². The van der Waals surface area contributed by atoms with Gasteiger partial charge in [0.15, 0.2) is 0 Å². The minimum absolute atomic E-state index is 0.0215. The summed E-state index contributed by atoms with van der Waals surface area (Å²) in [5, 5.41) is 16.3. The average molecular weight is 311 g/mol. The number of halogens is 1. The van der Waals surface area contributed by atoms with Crippen LogP contribution >= 0.6 is 11.6 Å². The van der Waals surface area contributed by atoms with Gasteiger partial charge in [-0.1, -0.05) is 13.8 Å². The molecule has 0 unspecified atom stereocenters. The van der Waals surface area contributed by atoms with Crippen LogP contribution in [-0.4, -0.2) is 43.0 Å². The number of aromatic nitrogens is 5. The van der Waals surface area contributed by atoms with Gasteiger partial charge in [0.05, 0.1) is 0 Å². The first-order valence-electron chi connectivity index (χ1n) is 6.76. The van der Waals surface area contributed by atoms with Crippen molar-refractivity contribution in [3.05, 3.63) is 23.7 Å². The highest BCUT2D eigenvalue weighted by atomic mass is 35.5. The van der Waals surface area contributed by atoms with Crippen molar-refractivity contribution in [3.8, 4) is 5.95 Å². The van der Waals surface area contributed by atoms with Gasteiger partial charge in [-0.15, -0.1) is 0 Å². The van der Waals surface area contributed by atoms with Gasteiger partial charge in [0.25, 0.3) is 5.95 Å². The zero-order valence-electron chi connectivity index (χ0n) is 12.1. The third kappa shape index (κ3) is 4.64. The number of aliphatic hydroxyl groups is 1. The van der Waals surface area contributed by atoms with Gasteiger partial charge in [0.1, 0.15) is 0 Å². The summed E-state index contributed by atoms with van der Waals surface area (Å²) in [6.07, 6.45) is 5.05. The van der Waals surface area contributed by atoms with E-state index in [2.05, 4.69) is 39.2 Å². The number of nitrogens with one attached hydrogen (secondary N) is 1. The van der Waals surface area contributed by atoms with Crippen LogP contribution in [0.1, 0.15) is 26.7 Å². The topological polar surface area (TPSA) is 88.8 Å². The Labute approximate surface area is 128 Å². The zero-order valence-corrected chi connectivity index (χ0v) is 12.9. The lowest BCUT2D eigenvalue weighted by Crippen LogP contribution is -2.24. The Kier molecular flexibility index (Phi) is 5.08. The second-order valence-electron chi connectivity index (χ2n) is 5.52. The Morgan fingerprint density at radius 2 is 2.14 bits per heavy atom. The summed E-state index contributed by atoms with van der Waals surface area (Å²) in [4.78, 5) is 12.4. The van der Waals surface area contributed by atoms with Crippen LogP contribution < -0.4 is 5.32 Å². The number of nitrogens with zero attached hydrogens (tertiary/aromatic N) is 5.